The van der Waals surface area contributed by atoms with Gasteiger partial charge in [-0.1, -0.05) is 71.6 Å². The minimum Gasteiger partial charge on any atom is -0.448 e. The van der Waals surface area contributed by atoms with Crippen LogP contribution >= 0.6 is 23.1 Å². The molecule has 0 spiro atoms. The lowest BCUT2D eigenvalue weighted by Crippen LogP contribution is -2.37. The van der Waals surface area contributed by atoms with Gasteiger partial charge in [-0.2, -0.15) is 0 Å². The van der Waals surface area contributed by atoms with E-state index in [2.05, 4.69) is 15.5 Å². The van der Waals surface area contributed by atoms with E-state index in [4.69, 9.17) is 4.74 Å². The molecule has 1 aliphatic rings. The second-order valence-electron chi connectivity index (χ2n) is 5.89. The van der Waals surface area contributed by atoms with Gasteiger partial charge in [0.2, 0.25) is 5.13 Å². The number of thioether (sulfide) groups is 1. The van der Waals surface area contributed by atoms with Gasteiger partial charge in [0.15, 0.2) is 10.4 Å². The van der Waals surface area contributed by atoms with Crippen LogP contribution < -0.4 is 5.32 Å². The van der Waals surface area contributed by atoms with E-state index in [1.165, 1.54) is 16.9 Å². The molecule has 1 atom stereocenters. The maximum absolute atomic E-state index is 12.5. The zero-order chi connectivity index (χ0) is 18.6. The van der Waals surface area contributed by atoms with Crippen molar-refractivity contribution in [3.8, 4) is 0 Å². The number of aromatic nitrogens is 2. The minimum atomic E-state index is -0.864. The molecule has 2 heterocycles. The van der Waals surface area contributed by atoms with Crippen molar-refractivity contribution >= 4 is 40.1 Å². The lowest BCUT2D eigenvalue weighted by atomic mass is 9.98. The smallest absolute Gasteiger partial charge is 0.339 e. The van der Waals surface area contributed by atoms with Crippen molar-refractivity contribution in [2.24, 2.45) is 0 Å². The van der Waals surface area contributed by atoms with E-state index in [1.54, 1.807) is 23.9 Å². The van der Waals surface area contributed by atoms with Gasteiger partial charge in [0.25, 0.3) is 5.91 Å². The Morgan fingerprint density at radius 1 is 1.15 bits per heavy atom. The molecule has 2 aromatic carbocycles. The van der Waals surface area contributed by atoms with E-state index in [1.807, 2.05) is 42.5 Å². The Bertz CT molecular complexity index is 975. The fraction of sp³-hybridized carbons (Fsp3) is 0.158. The van der Waals surface area contributed by atoms with Gasteiger partial charge >= 0.3 is 5.97 Å². The highest BCUT2D eigenvalue weighted by molar-refractivity contribution is 8.00. The standard InChI is InChI=1S/C19H15N3O3S2/c23-16(15-10-13-8-4-5-9-14(13)17(24)25-15)20-18-21-22-19(27-18)26-11-12-6-2-1-3-7-12/h1-9,15H,10-11H2,(H,20,21,23). The Balaban J connectivity index is 1.36. The molecule has 8 heteroatoms. The predicted molar refractivity (Wildman–Crippen MR) is 104 cm³/mol. The molecular weight excluding hydrogens is 382 g/mol. The second-order valence-corrected chi connectivity index (χ2v) is 8.09. The number of amides is 1. The van der Waals surface area contributed by atoms with Crippen molar-refractivity contribution in [1.29, 1.82) is 0 Å². The quantitative estimate of drug-likeness (QED) is 0.403. The van der Waals surface area contributed by atoms with E-state index in [-0.39, 0.29) is 0 Å². The maximum atomic E-state index is 12.5. The summed E-state index contributed by atoms with van der Waals surface area (Å²) in [5.74, 6) is -0.0949. The van der Waals surface area contributed by atoms with Gasteiger partial charge in [-0.15, -0.1) is 10.2 Å². The molecule has 0 bridgehead atoms. The Morgan fingerprint density at radius 3 is 2.78 bits per heavy atom. The first-order valence-electron chi connectivity index (χ1n) is 8.29. The number of hydrogen-bond donors (Lipinski definition) is 1. The third-order valence-electron chi connectivity index (χ3n) is 4.03. The Kier molecular flexibility index (Phi) is 5.17. The topological polar surface area (TPSA) is 81.2 Å². The van der Waals surface area contributed by atoms with Crippen LogP contribution in [-0.2, 0) is 21.7 Å². The lowest BCUT2D eigenvalue weighted by Gasteiger charge is -2.23. The molecule has 1 aromatic heterocycles. The summed E-state index contributed by atoms with van der Waals surface area (Å²) in [4.78, 5) is 24.5. The molecule has 1 amide bonds. The van der Waals surface area contributed by atoms with Crippen LogP contribution in [0.25, 0.3) is 0 Å². The highest BCUT2D eigenvalue weighted by Gasteiger charge is 2.31. The number of carbonyl (C=O) groups is 2. The first-order valence-corrected chi connectivity index (χ1v) is 10.1. The summed E-state index contributed by atoms with van der Waals surface area (Å²) in [5.41, 5.74) is 2.51. The number of benzene rings is 2. The SMILES string of the molecule is O=C1OC(C(=O)Nc2nnc(SCc3ccccc3)s2)Cc2ccccc21. The molecular formula is C19H15N3O3S2. The van der Waals surface area contributed by atoms with E-state index in [0.717, 1.165) is 15.7 Å². The molecule has 4 rings (SSSR count). The number of ether oxygens (including phenoxy) is 1. The first-order chi connectivity index (χ1) is 13.2. The zero-order valence-electron chi connectivity index (χ0n) is 14.1. The summed E-state index contributed by atoms with van der Waals surface area (Å²) >= 11 is 2.86. The maximum Gasteiger partial charge on any atom is 0.339 e. The number of nitrogens with one attached hydrogen (secondary N) is 1. The van der Waals surface area contributed by atoms with E-state index < -0.39 is 18.0 Å². The van der Waals surface area contributed by atoms with Crippen molar-refractivity contribution < 1.29 is 14.3 Å². The molecule has 0 saturated carbocycles. The van der Waals surface area contributed by atoms with Crippen LogP contribution in [0.3, 0.4) is 0 Å². The van der Waals surface area contributed by atoms with Crippen LogP contribution in [0, 0.1) is 0 Å². The third-order valence-corrected chi connectivity index (χ3v) is 6.07. The fourth-order valence-electron chi connectivity index (χ4n) is 2.70. The fourth-order valence-corrected chi connectivity index (χ4v) is 4.41. The molecule has 136 valence electrons. The minimum absolute atomic E-state index is 0.349. The van der Waals surface area contributed by atoms with Crippen molar-refractivity contribution in [2.45, 2.75) is 22.6 Å². The Morgan fingerprint density at radius 2 is 1.93 bits per heavy atom. The van der Waals surface area contributed by atoms with E-state index in [0.29, 0.717) is 17.1 Å². The highest BCUT2D eigenvalue weighted by Crippen LogP contribution is 2.29. The molecule has 0 aliphatic carbocycles. The highest BCUT2D eigenvalue weighted by atomic mass is 32.2. The number of esters is 1. The van der Waals surface area contributed by atoms with Gasteiger partial charge in [0, 0.05) is 12.2 Å². The van der Waals surface area contributed by atoms with Gasteiger partial charge in [-0.05, 0) is 17.2 Å². The summed E-state index contributed by atoms with van der Waals surface area (Å²) in [5, 5.41) is 11.2. The predicted octanol–water partition coefficient (Wildman–Crippen LogP) is 3.55. The Labute approximate surface area is 164 Å². The average molecular weight is 397 g/mol. The van der Waals surface area contributed by atoms with Crippen LogP contribution in [0.4, 0.5) is 5.13 Å². The van der Waals surface area contributed by atoms with Crippen LogP contribution in [0.2, 0.25) is 0 Å². The molecule has 6 nitrogen and oxygen atoms in total. The number of hydrogen-bond acceptors (Lipinski definition) is 7. The van der Waals surface area contributed by atoms with Crippen LogP contribution in [0.5, 0.6) is 0 Å². The van der Waals surface area contributed by atoms with Gasteiger partial charge in [0.05, 0.1) is 5.56 Å². The first kappa shape index (κ1) is 17.7. The van der Waals surface area contributed by atoms with Crippen molar-refractivity contribution in [1.82, 2.24) is 10.2 Å². The van der Waals surface area contributed by atoms with Gasteiger partial charge in [0.1, 0.15) is 0 Å². The van der Waals surface area contributed by atoms with Crippen LogP contribution in [-0.4, -0.2) is 28.2 Å². The van der Waals surface area contributed by atoms with Gasteiger partial charge < -0.3 is 4.74 Å². The largest absolute Gasteiger partial charge is 0.448 e. The summed E-state index contributed by atoms with van der Waals surface area (Å²) in [7, 11) is 0. The molecule has 0 fully saturated rings. The van der Waals surface area contributed by atoms with Gasteiger partial charge in [-0.25, -0.2) is 4.79 Å². The molecule has 0 saturated heterocycles. The number of nitrogens with zero attached hydrogens (tertiary/aromatic N) is 2. The molecule has 0 radical (unpaired) electrons. The van der Waals surface area contributed by atoms with Crippen molar-refractivity contribution in [3.63, 3.8) is 0 Å². The van der Waals surface area contributed by atoms with E-state index >= 15 is 0 Å². The average Bonchev–Trinajstić information content (AvgIpc) is 3.14. The molecule has 27 heavy (non-hydrogen) atoms. The molecule has 1 N–H and O–H groups in total. The molecule has 1 aliphatic heterocycles. The van der Waals surface area contributed by atoms with E-state index in [9.17, 15) is 9.59 Å². The summed E-state index contributed by atoms with van der Waals surface area (Å²) in [6.07, 6.45) is -0.515. The third kappa shape index (κ3) is 4.17. The number of rotatable bonds is 5. The van der Waals surface area contributed by atoms with Crippen molar-refractivity contribution in [2.75, 3.05) is 5.32 Å². The summed E-state index contributed by atoms with van der Waals surface area (Å²) in [6, 6.07) is 17.2. The van der Waals surface area contributed by atoms with Crippen LogP contribution in [0.15, 0.2) is 58.9 Å². The Hall–Kier alpha value is -2.71. The normalized spacial score (nSPS) is 15.7. The molecule has 1 unspecified atom stereocenters. The van der Waals surface area contributed by atoms with Crippen LogP contribution in [0.1, 0.15) is 21.5 Å². The second kappa shape index (κ2) is 7.89. The summed E-state index contributed by atoms with van der Waals surface area (Å²) < 4.78 is 6.02. The number of cyclic esters (lactones) is 1. The van der Waals surface area contributed by atoms with Crippen molar-refractivity contribution in [3.05, 3.63) is 71.3 Å². The monoisotopic (exact) mass is 397 g/mol. The molecule has 3 aromatic rings. The number of carbonyl (C=O) groups excluding carboxylic acids is 2. The van der Waals surface area contributed by atoms with Gasteiger partial charge in [-0.3, -0.25) is 10.1 Å². The summed E-state index contributed by atoms with van der Waals surface area (Å²) in [6.45, 7) is 0. The number of fused-ring (bicyclic) bond motifs is 1. The zero-order valence-corrected chi connectivity index (χ0v) is 15.8. The number of anilines is 1. The lowest BCUT2D eigenvalue weighted by molar-refractivity contribution is -0.125.